The second kappa shape index (κ2) is 7.45. The van der Waals surface area contributed by atoms with Gasteiger partial charge in [0.2, 0.25) is 0 Å². The van der Waals surface area contributed by atoms with Crippen LogP contribution in [0, 0.1) is 10.1 Å². The standard InChI is InChI=1S/C12H17BrN2O3/c1-2-11(3-4-16)14-8-9-5-10(13)7-12(6-9)15(17)18/h5-7,11,14,16H,2-4,8H2,1H3. The molecule has 1 rings (SSSR count). The topological polar surface area (TPSA) is 75.4 Å². The maximum atomic E-state index is 10.7. The Bertz CT molecular complexity index is 412. The first-order chi connectivity index (χ1) is 8.56. The number of rotatable bonds is 7. The fraction of sp³-hybridized carbons (Fsp3) is 0.500. The lowest BCUT2D eigenvalue weighted by molar-refractivity contribution is -0.385. The number of aliphatic hydroxyl groups excluding tert-OH is 1. The van der Waals surface area contributed by atoms with Crippen molar-refractivity contribution in [1.82, 2.24) is 5.32 Å². The highest BCUT2D eigenvalue weighted by Crippen LogP contribution is 2.21. The van der Waals surface area contributed by atoms with E-state index in [9.17, 15) is 10.1 Å². The maximum absolute atomic E-state index is 10.7. The summed E-state index contributed by atoms with van der Waals surface area (Å²) in [7, 11) is 0. The molecule has 18 heavy (non-hydrogen) atoms. The normalized spacial score (nSPS) is 12.4. The number of nitrogens with one attached hydrogen (secondary N) is 1. The van der Waals surface area contributed by atoms with Crippen molar-refractivity contribution in [2.24, 2.45) is 0 Å². The lowest BCUT2D eigenvalue weighted by Crippen LogP contribution is -2.28. The summed E-state index contributed by atoms with van der Waals surface area (Å²) in [6.07, 6.45) is 1.60. The van der Waals surface area contributed by atoms with Gasteiger partial charge in [0.25, 0.3) is 5.69 Å². The van der Waals surface area contributed by atoms with Crippen LogP contribution in [0.15, 0.2) is 22.7 Å². The molecular weight excluding hydrogens is 300 g/mol. The summed E-state index contributed by atoms with van der Waals surface area (Å²) in [5.41, 5.74) is 0.934. The number of nitro groups is 1. The average molecular weight is 317 g/mol. The smallest absolute Gasteiger partial charge is 0.270 e. The highest BCUT2D eigenvalue weighted by Gasteiger charge is 2.10. The molecule has 0 aliphatic heterocycles. The number of non-ortho nitro benzene ring substituents is 1. The number of nitro benzene ring substituents is 1. The van der Waals surface area contributed by atoms with E-state index < -0.39 is 4.92 Å². The molecule has 2 N–H and O–H groups in total. The minimum Gasteiger partial charge on any atom is -0.396 e. The molecule has 0 bridgehead atoms. The molecule has 1 aromatic rings. The zero-order valence-corrected chi connectivity index (χ0v) is 11.8. The van der Waals surface area contributed by atoms with Gasteiger partial charge < -0.3 is 10.4 Å². The van der Waals surface area contributed by atoms with Crippen LogP contribution in [-0.2, 0) is 6.54 Å². The van der Waals surface area contributed by atoms with Gasteiger partial charge in [-0.3, -0.25) is 10.1 Å². The highest BCUT2D eigenvalue weighted by molar-refractivity contribution is 9.10. The molecule has 1 aromatic carbocycles. The van der Waals surface area contributed by atoms with E-state index in [1.54, 1.807) is 6.07 Å². The number of aliphatic hydroxyl groups is 1. The van der Waals surface area contributed by atoms with E-state index >= 15 is 0 Å². The van der Waals surface area contributed by atoms with Crippen LogP contribution < -0.4 is 5.32 Å². The van der Waals surface area contributed by atoms with Crippen LogP contribution in [0.4, 0.5) is 5.69 Å². The summed E-state index contributed by atoms with van der Waals surface area (Å²) in [6, 6.07) is 5.12. The number of halogens is 1. The van der Waals surface area contributed by atoms with E-state index in [1.165, 1.54) is 6.07 Å². The molecule has 0 aromatic heterocycles. The average Bonchev–Trinajstić information content (AvgIpc) is 2.33. The molecule has 0 spiro atoms. The van der Waals surface area contributed by atoms with E-state index in [4.69, 9.17) is 5.11 Å². The Morgan fingerprint density at radius 2 is 2.22 bits per heavy atom. The lowest BCUT2D eigenvalue weighted by Gasteiger charge is -2.15. The summed E-state index contributed by atoms with van der Waals surface area (Å²) in [6.45, 7) is 2.74. The highest BCUT2D eigenvalue weighted by atomic mass is 79.9. The quantitative estimate of drug-likeness (QED) is 0.599. The van der Waals surface area contributed by atoms with Gasteiger partial charge in [-0.05, 0) is 24.5 Å². The van der Waals surface area contributed by atoms with E-state index in [2.05, 4.69) is 21.2 Å². The van der Waals surface area contributed by atoms with Crippen LogP contribution in [0.25, 0.3) is 0 Å². The molecule has 0 aliphatic carbocycles. The van der Waals surface area contributed by atoms with E-state index in [0.717, 1.165) is 12.0 Å². The van der Waals surface area contributed by atoms with E-state index in [0.29, 0.717) is 17.4 Å². The van der Waals surface area contributed by atoms with Gasteiger partial charge in [-0.15, -0.1) is 0 Å². The molecule has 6 heteroatoms. The van der Waals surface area contributed by atoms with Crippen LogP contribution in [0.5, 0.6) is 0 Å². The molecule has 1 atom stereocenters. The molecule has 0 amide bonds. The van der Waals surface area contributed by atoms with Gasteiger partial charge in [-0.1, -0.05) is 22.9 Å². The van der Waals surface area contributed by atoms with Crippen LogP contribution in [0.2, 0.25) is 0 Å². The Hall–Kier alpha value is -0.980. The zero-order chi connectivity index (χ0) is 13.5. The van der Waals surface area contributed by atoms with Gasteiger partial charge >= 0.3 is 0 Å². The van der Waals surface area contributed by atoms with Crippen molar-refractivity contribution in [3.63, 3.8) is 0 Å². The number of nitrogens with zero attached hydrogens (tertiary/aromatic N) is 1. The fourth-order valence-electron chi connectivity index (χ4n) is 1.71. The fourth-order valence-corrected chi connectivity index (χ4v) is 2.24. The molecule has 0 radical (unpaired) electrons. The minimum absolute atomic E-state index is 0.0800. The first-order valence-electron chi connectivity index (χ1n) is 5.85. The molecule has 0 saturated carbocycles. The van der Waals surface area contributed by atoms with E-state index in [1.807, 2.05) is 13.0 Å². The van der Waals surface area contributed by atoms with Crippen molar-refractivity contribution in [3.8, 4) is 0 Å². The van der Waals surface area contributed by atoms with Crippen LogP contribution in [0.3, 0.4) is 0 Å². The Morgan fingerprint density at radius 3 is 2.78 bits per heavy atom. The van der Waals surface area contributed by atoms with Crippen molar-refractivity contribution in [2.75, 3.05) is 6.61 Å². The van der Waals surface area contributed by atoms with Crippen LogP contribution in [0.1, 0.15) is 25.3 Å². The van der Waals surface area contributed by atoms with E-state index in [-0.39, 0.29) is 18.3 Å². The van der Waals surface area contributed by atoms with Gasteiger partial charge in [-0.2, -0.15) is 0 Å². The van der Waals surface area contributed by atoms with Crippen LogP contribution >= 0.6 is 15.9 Å². The summed E-state index contributed by atoms with van der Waals surface area (Å²) in [5.74, 6) is 0. The van der Waals surface area contributed by atoms with Gasteiger partial charge in [0.15, 0.2) is 0 Å². The first kappa shape index (κ1) is 15.1. The second-order valence-corrected chi connectivity index (χ2v) is 4.99. The summed E-state index contributed by atoms with van der Waals surface area (Å²) >= 11 is 3.26. The molecule has 100 valence electrons. The lowest BCUT2D eigenvalue weighted by atomic mass is 10.1. The van der Waals surface area contributed by atoms with Gasteiger partial charge in [0.1, 0.15) is 0 Å². The van der Waals surface area contributed by atoms with Gasteiger partial charge in [0.05, 0.1) is 4.92 Å². The molecule has 0 fully saturated rings. The minimum atomic E-state index is -0.403. The molecule has 1 unspecified atom stereocenters. The van der Waals surface area contributed by atoms with Gasteiger partial charge in [-0.25, -0.2) is 0 Å². The Kier molecular flexibility index (Phi) is 6.24. The molecule has 0 aliphatic rings. The summed E-state index contributed by atoms with van der Waals surface area (Å²) < 4.78 is 0.698. The third-order valence-corrected chi connectivity index (χ3v) is 3.18. The number of hydrogen-bond donors (Lipinski definition) is 2. The second-order valence-electron chi connectivity index (χ2n) is 4.07. The predicted octanol–water partition coefficient (Wildman–Crippen LogP) is 2.61. The third-order valence-electron chi connectivity index (χ3n) is 2.72. The SMILES string of the molecule is CCC(CCO)NCc1cc(Br)cc([N+](=O)[O-])c1. The Morgan fingerprint density at radius 1 is 1.50 bits per heavy atom. The largest absolute Gasteiger partial charge is 0.396 e. The van der Waals surface area contributed by atoms with Crippen LogP contribution in [-0.4, -0.2) is 22.7 Å². The molecule has 5 nitrogen and oxygen atoms in total. The maximum Gasteiger partial charge on any atom is 0.270 e. The van der Waals surface area contributed by atoms with Crippen molar-refractivity contribution in [1.29, 1.82) is 0 Å². The predicted molar refractivity (Wildman–Crippen MR) is 73.4 cm³/mol. The Balaban J connectivity index is 2.69. The van der Waals surface area contributed by atoms with Gasteiger partial charge in [0, 0.05) is 35.8 Å². The summed E-state index contributed by atoms with van der Waals surface area (Å²) in [5, 5.41) is 22.9. The van der Waals surface area contributed by atoms with Crippen molar-refractivity contribution in [3.05, 3.63) is 38.3 Å². The Labute approximate surface area is 114 Å². The summed E-state index contributed by atoms with van der Waals surface area (Å²) in [4.78, 5) is 10.3. The van der Waals surface area contributed by atoms with Crippen molar-refractivity contribution in [2.45, 2.75) is 32.4 Å². The molecule has 0 heterocycles. The zero-order valence-electron chi connectivity index (χ0n) is 10.2. The monoisotopic (exact) mass is 316 g/mol. The number of benzene rings is 1. The molecular formula is C12H17BrN2O3. The van der Waals surface area contributed by atoms with Crippen molar-refractivity contribution < 1.29 is 10.0 Å². The van der Waals surface area contributed by atoms with Crippen molar-refractivity contribution >= 4 is 21.6 Å². The number of hydrogen-bond acceptors (Lipinski definition) is 4. The third kappa shape index (κ3) is 4.72. The first-order valence-corrected chi connectivity index (χ1v) is 6.64. The molecule has 0 saturated heterocycles.